The van der Waals surface area contributed by atoms with Gasteiger partial charge in [0.05, 0.1) is 13.2 Å². The Morgan fingerprint density at radius 3 is 2.36 bits per heavy atom. The Morgan fingerprint density at radius 1 is 1.11 bits per heavy atom. The molecule has 144 valence electrons. The van der Waals surface area contributed by atoms with Crippen LogP contribution in [0.1, 0.15) is 29.8 Å². The molecule has 0 atom stereocenters. The Morgan fingerprint density at radius 2 is 1.79 bits per heavy atom. The van der Waals surface area contributed by atoms with Crippen molar-refractivity contribution in [2.45, 2.75) is 13.8 Å². The third-order valence-corrected chi connectivity index (χ3v) is 3.63. The molecule has 0 radical (unpaired) electrons. The Labute approximate surface area is 162 Å². The van der Waals surface area contributed by atoms with Gasteiger partial charge in [-0.3, -0.25) is 4.79 Å². The van der Waals surface area contributed by atoms with E-state index < -0.39 is 11.9 Å². The Kier molecular flexibility index (Phi) is 7.17. The fourth-order valence-electron chi connectivity index (χ4n) is 2.40. The summed E-state index contributed by atoms with van der Waals surface area (Å²) in [4.78, 5) is 23.8. The molecule has 2 aromatic rings. The zero-order valence-corrected chi connectivity index (χ0v) is 15.6. The minimum Gasteiger partial charge on any atom is -0.494 e. The van der Waals surface area contributed by atoms with Crippen molar-refractivity contribution < 1.29 is 24.2 Å². The van der Waals surface area contributed by atoms with E-state index in [9.17, 15) is 20.0 Å². The van der Waals surface area contributed by atoms with Crippen LogP contribution in [-0.2, 0) is 4.79 Å². The van der Waals surface area contributed by atoms with Crippen molar-refractivity contribution in [3.63, 3.8) is 0 Å². The van der Waals surface area contributed by atoms with Crippen molar-refractivity contribution >= 4 is 23.6 Å². The molecule has 7 nitrogen and oxygen atoms in total. The molecule has 2 rings (SSSR count). The van der Waals surface area contributed by atoms with Crippen molar-refractivity contribution in [2.75, 3.05) is 18.5 Å². The van der Waals surface area contributed by atoms with Crippen molar-refractivity contribution in [3.8, 4) is 17.6 Å². The number of benzene rings is 2. The molecule has 0 spiro atoms. The lowest BCUT2D eigenvalue weighted by molar-refractivity contribution is -0.112. The highest BCUT2D eigenvalue weighted by molar-refractivity contribution is 6.09. The lowest BCUT2D eigenvalue weighted by atomic mass is 10.1. The number of hydrogen-bond donors (Lipinski definition) is 2. The van der Waals surface area contributed by atoms with Gasteiger partial charge in [-0.1, -0.05) is 6.07 Å². The number of carbonyl (C=O) groups is 2. The summed E-state index contributed by atoms with van der Waals surface area (Å²) in [6.07, 6.45) is 1.33. The van der Waals surface area contributed by atoms with Gasteiger partial charge in [0.1, 0.15) is 28.7 Å². The SMILES string of the molecule is CCOc1ccc(NC(=O)/C(C#N)=C/c2ccc(OCC)c(C(=O)O)c2)cc1. The van der Waals surface area contributed by atoms with Crippen LogP contribution in [0.4, 0.5) is 5.69 Å². The van der Waals surface area contributed by atoms with E-state index in [2.05, 4.69) is 5.32 Å². The van der Waals surface area contributed by atoms with Crippen LogP contribution in [0.15, 0.2) is 48.0 Å². The van der Waals surface area contributed by atoms with Gasteiger partial charge in [0.15, 0.2) is 0 Å². The molecule has 2 N–H and O–H groups in total. The highest BCUT2D eigenvalue weighted by Crippen LogP contribution is 2.22. The van der Waals surface area contributed by atoms with E-state index in [4.69, 9.17) is 9.47 Å². The minimum atomic E-state index is -1.16. The normalized spacial score (nSPS) is 10.7. The first-order valence-corrected chi connectivity index (χ1v) is 8.64. The minimum absolute atomic E-state index is 0.0418. The summed E-state index contributed by atoms with van der Waals surface area (Å²) in [5.41, 5.74) is 0.709. The van der Waals surface area contributed by atoms with Crippen LogP contribution in [0.3, 0.4) is 0 Å². The molecule has 0 saturated carbocycles. The summed E-state index contributed by atoms with van der Waals surface area (Å²) < 4.78 is 10.6. The highest BCUT2D eigenvalue weighted by Gasteiger charge is 2.14. The highest BCUT2D eigenvalue weighted by atomic mass is 16.5. The second kappa shape index (κ2) is 9.78. The predicted octanol–water partition coefficient (Wildman–Crippen LogP) is 3.73. The number of hydrogen-bond acceptors (Lipinski definition) is 5. The van der Waals surface area contributed by atoms with Gasteiger partial charge in [-0.15, -0.1) is 0 Å². The van der Waals surface area contributed by atoms with Crippen molar-refractivity contribution in [3.05, 3.63) is 59.2 Å². The molecule has 0 saturated heterocycles. The van der Waals surface area contributed by atoms with Gasteiger partial charge < -0.3 is 19.9 Å². The van der Waals surface area contributed by atoms with E-state index in [1.807, 2.05) is 13.0 Å². The third kappa shape index (κ3) is 5.35. The number of aromatic carboxylic acids is 1. The summed E-state index contributed by atoms with van der Waals surface area (Å²) >= 11 is 0. The third-order valence-electron chi connectivity index (χ3n) is 3.63. The Bertz CT molecular complexity index is 927. The van der Waals surface area contributed by atoms with E-state index in [0.29, 0.717) is 30.2 Å². The largest absolute Gasteiger partial charge is 0.494 e. The zero-order chi connectivity index (χ0) is 20.5. The number of amides is 1. The van der Waals surface area contributed by atoms with Crippen LogP contribution >= 0.6 is 0 Å². The van der Waals surface area contributed by atoms with Gasteiger partial charge >= 0.3 is 5.97 Å². The van der Waals surface area contributed by atoms with Gasteiger partial charge in [-0.2, -0.15) is 5.26 Å². The van der Waals surface area contributed by atoms with Crippen LogP contribution in [0.25, 0.3) is 6.08 Å². The van der Waals surface area contributed by atoms with E-state index in [0.717, 1.165) is 0 Å². The van der Waals surface area contributed by atoms with E-state index >= 15 is 0 Å². The summed E-state index contributed by atoms with van der Waals surface area (Å²) in [5, 5.41) is 21.3. The molecule has 0 aliphatic carbocycles. The second-order valence-electron chi connectivity index (χ2n) is 5.58. The smallest absolute Gasteiger partial charge is 0.339 e. The number of carbonyl (C=O) groups excluding carboxylic acids is 1. The average Bonchev–Trinajstić information content (AvgIpc) is 2.68. The molecule has 0 aliphatic rings. The Hall–Kier alpha value is -3.79. The van der Waals surface area contributed by atoms with Crippen molar-refractivity contribution in [2.24, 2.45) is 0 Å². The molecule has 0 heterocycles. The summed E-state index contributed by atoms with van der Waals surface area (Å²) in [5.74, 6) is -0.856. The molecule has 28 heavy (non-hydrogen) atoms. The fourth-order valence-corrected chi connectivity index (χ4v) is 2.40. The molecule has 0 bridgehead atoms. The average molecular weight is 380 g/mol. The van der Waals surface area contributed by atoms with Crippen molar-refractivity contribution in [1.29, 1.82) is 5.26 Å². The first kappa shape index (κ1) is 20.5. The lowest BCUT2D eigenvalue weighted by Gasteiger charge is -2.08. The van der Waals surface area contributed by atoms with Gasteiger partial charge in [-0.05, 0) is 61.9 Å². The standard InChI is InChI=1S/C21H20N2O5/c1-3-27-17-8-6-16(7-9-17)23-20(24)15(13-22)11-14-5-10-19(28-4-2)18(12-14)21(25)26/h5-12H,3-4H2,1-2H3,(H,23,24)(H,25,26)/b15-11+. The van der Waals surface area contributed by atoms with E-state index in [-0.39, 0.29) is 16.9 Å². The van der Waals surface area contributed by atoms with Crippen LogP contribution < -0.4 is 14.8 Å². The summed E-state index contributed by atoms with van der Waals surface area (Å²) in [6.45, 7) is 4.48. The number of nitriles is 1. The van der Waals surface area contributed by atoms with E-state index in [1.165, 1.54) is 18.2 Å². The molecule has 2 aromatic carbocycles. The molecular formula is C21H20N2O5. The number of carboxylic acid groups (broad SMARTS) is 1. The molecule has 0 fully saturated rings. The van der Waals surface area contributed by atoms with Crippen molar-refractivity contribution in [1.82, 2.24) is 0 Å². The van der Waals surface area contributed by atoms with Gasteiger partial charge in [-0.25, -0.2) is 4.79 Å². The summed E-state index contributed by atoms with van der Waals surface area (Å²) in [6, 6.07) is 13.0. The topological polar surface area (TPSA) is 109 Å². The number of anilines is 1. The van der Waals surface area contributed by atoms with Gasteiger partial charge in [0.2, 0.25) is 0 Å². The number of ether oxygens (including phenoxy) is 2. The first-order valence-electron chi connectivity index (χ1n) is 8.64. The lowest BCUT2D eigenvalue weighted by Crippen LogP contribution is -2.13. The molecule has 1 amide bonds. The maximum Gasteiger partial charge on any atom is 0.339 e. The van der Waals surface area contributed by atoms with E-state index in [1.54, 1.807) is 37.3 Å². The monoisotopic (exact) mass is 380 g/mol. The zero-order valence-electron chi connectivity index (χ0n) is 15.6. The van der Waals surface area contributed by atoms with Crippen LogP contribution in [0, 0.1) is 11.3 Å². The number of nitrogens with one attached hydrogen (secondary N) is 1. The van der Waals surface area contributed by atoms with Crippen LogP contribution in [-0.4, -0.2) is 30.2 Å². The van der Waals surface area contributed by atoms with Gasteiger partial charge in [0, 0.05) is 5.69 Å². The maximum atomic E-state index is 12.4. The molecule has 0 aliphatic heterocycles. The van der Waals surface area contributed by atoms with Crippen LogP contribution in [0.2, 0.25) is 0 Å². The number of carboxylic acids is 1. The maximum absolute atomic E-state index is 12.4. The number of nitrogens with zero attached hydrogens (tertiary/aromatic N) is 1. The Balaban J connectivity index is 2.22. The first-order chi connectivity index (χ1) is 13.5. The quantitative estimate of drug-likeness (QED) is 0.534. The molecule has 0 unspecified atom stereocenters. The predicted molar refractivity (Wildman–Crippen MR) is 104 cm³/mol. The number of rotatable bonds is 8. The molecule has 0 aromatic heterocycles. The second-order valence-corrected chi connectivity index (χ2v) is 5.58. The summed E-state index contributed by atoms with van der Waals surface area (Å²) in [7, 11) is 0. The van der Waals surface area contributed by atoms with Crippen LogP contribution in [0.5, 0.6) is 11.5 Å². The molecular weight excluding hydrogens is 360 g/mol. The molecule has 7 heteroatoms. The van der Waals surface area contributed by atoms with Gasteiger partial charge in [0.25, 0.3) is 5.91 Å². The fraction of sp³-hybridized carbons (Fsp3) is 0.190.